The molecule has 0 radical (unpaired) electrons. The smallest absolute Gasteiger partial charge is 0.417 e. The Bertz CT molecular complexity index is 1120. The summed E-state index contributed by atoms with van der Waals surface area (Å²) in [5, 5.41) is 6.96. The molecule has 0 saturated heterocycles. The van der Waals surface area contributed by atoms with E-state index >= 15 is 0 Å². The topological polar surface area (TPSA) is 69.0 Å². The van der Waals surface area contributed by atoms with E-state index in [0.717, 1.165) is 11.6 Å². The van der Waals surface area contributed by atoms with Gasteiger partial charge in [-0.1, -0.05) is 36.4 Å². The van der Waals surface area contributed by atoms with Crippen molar-refractivity contribution >= 4 is 5.91 Å². The first kappa shape index (κ1) is 20.9. The van der Waals surface area contributed by atoms with E-state index in [9.17, 15) is 18.0 Å². The summed E-state index contributed by atoms with van der Waals surface area (Å²) in [6, 6.07) is 10.6. The van der Waals surface area contributed by atoms with Crippen LogP contribution in [0.15, 0.2) is 42.5 Å². The van der Waals surface area contributed by atoms with Crippen LogP contribution in [0.4, 0.5) is 13.2 Å². The Morgan fingerprint density at radius 2 is 1.90 bits per heavy atom. The van der Waals surface area contributed by atoms with Gasteiger partial charge in [0.1, 0.15) is 30.0 Å². The number of fused-ring (bicyclic) bond motifs is 1. The molecule has 0 bridgehead atoms. The average molecular weight is 430 g/mol. The monoisotopic (exact) mass is 430 g/mol. The van der Waals surface area contributed by atoms with Gasteiger partial charge in [0.25, 0.3) is 0 Å². The van der Waals surface area contributed by atoms with E-state index in [0.29, 0.717) is 29.4 Å². The molecule has 0 unspecified atom stereocenters. The molecule has 1 aliphatic rings. The summed E-state index contributed by atoms with van der Waals surface area (Å²) in [5.74, 6) is 1.42. The molecule has 2 heterocycles. The summed E-state index contributed by atoms with van der Waals surface area (Å²) in [5.41, 5.74) is 0.584. The van der Waals surface area contributed by atoms with Crippen LogP contribution in [0, 0.1) is 13.8 Å². The zero-order valence-electron chi connectivity index (χ0n) is 17.0. The molecule has 0 aliphatic carbocycles. The SMILES string of the molecule is Cc1nc(C)n(CC(=O)NC[C@H]2Cc3cccc(-c4ccccc4C(F)(F)F)c3O2)n1. The van der Waals surface area contributed by atoms with E-state index in [1.165, 1.54) is 16.8 Å². The molecule has 6 nitrogen and oxygen atoms in total. The zero-order valence-corrected chi connectivity index (χ0v) is 17.0. The molecule has 2 aromatic carbocycles. The minimum atomic E-state index is -4.47. The molecule has 0 saturated carbocycles. The van der Waals surface area contributed by atoms with Gasteiger partial charge in [-0.2, -0.15) is 18.3 Å². The van der Waals surface area contributed by atoms with Gasteiger partial charge in [0.15, 0.2) is 0 Å². The standard InChI is InChI=1S/C22H21F3N4O2/c1-13-27-14(2)29(28-13)12-20(30)26-11-16-10-15-6-5-8-18(21(15)31-16)17-7-3-4-9-19(17)22(23,24)25/h3-9,16H,10-12H2,1-2H3,(H,26,30)/t16-/m1/s1. The van der Waals surface area contributed by atoms with Crippen LogP contribution in [0.3, 0.4) is 0 Å². The van der Waals surface area contributed by atoms with E-state index < -0.39 is 11.7 Å². The highest BCUT2D eigenvalue weighted by molar-refractivity contribution is 5.77. The van der Waals surface area contributed by atoms with E-state index in [1.807, 2.05) is 6.07 Å². The van der Waals surface area contributed by atoms with Crippen molar-refractivity contribution < 1.29 is 22.7 Å². The molecule has 3 aromatic rings. The number of rotatable bonds is 5. The zero-order chi connectivity index (χ0) is 22.2. The van der Waals surface area contributed by atoms with Gasteiger partial charge < -0.3 is 10.1 Å². The molecule has 0 fully saturated rings. The molecule has 0 spiro atoms. The summed E-state index contributed by atoms with van der Waals surface area (Å²) in [6.45, 7) is 3.79. The van der Waals surface area contributed by atoms with Crippen molar-refractivity contribution in [2.45, 2.75) is 39.1 Å². The minimum Gasteiger partial charge on any atom is -0.487 e. The number of aryl methyl sites for hydroxylation is 2. The first-order chi connectivity index (χ1) is 14.7. The summed E-state index contributed by atoms with van der Waals surface area (Å²) in [7, 11) is 0. The normalized spacial score (nSPS) is 15.5. The largest absolute Gasteiger partial charge is 0.487 e. The number of nitrogens with one attached hydrogen (secondary N) is 1. The number of carbonyl (C=O) groups excluding carboxylic acids is 1. The highest BCUT2D eigenvalue weighted by Crippen LogP contribution is 2.43. The predicted octanol–water partition coefficient (Wildman–Crippen LogP) is 3.70. The Morgan fingerprint density at radius 1 is 1.16 bits per heavy atom. The maximum atomic E-state index is 13.5. The lowest BCUT2D eigenvalue weighted by atomic mass is 9.96. The second-order valence-electron chi connectivity index (χ2n) is 7.45. The third-order valence-electron chi connectivity index (χ3n) is 5.13. The molecule has 1 amide bonds. The van der Waals surface area contributed by atoms with Crippen molar-refractivity contribution in [3.8, 4) is 16.9 Å². The van der Waals surface area contributed by atoms with Gasteiger partial charge in [0.2, 0.25) is 5.91 Å². The fraction of sp³-hybridized carbons (Fsp3) is 0.318. The minimum absolute atomic E-state index is 0.0382. The number of halogens is 3. The van der Waals surface area contributed by atoms with Gasteiger partial charge in [-0.25, -0.2) is 9.67 Å². The maximum Gasteiger partial charge on any atom is 0.417 e. The van der Waals surface area contributed by atoms with Gasteiger partial charge in [0.05, 0.1) is 12.1 Å². The molecule has 9 heteroatoms. The first-order valence-electron chi connectivity index (χ1n) is 9.82. The maximum absolute atomic E-state index is 13.5. The lowest BCUT2D eigenvalue weighted by Gasteiger charge is -2.16. The Hall–Kier alpha value is -3.36. The van der Waals surface area contributed by atoms with Gasteiger partial charge in [-0.15, -0.1) is 0 Å². The lowest BCUT2D eigenvalue weighted by Crippen LogP contribution is -2.36. The van der Waals surface area contributed by atoms with Gasteiger partial charge >= 0.3 is 6.18 Å². The number of alkyl halides is 3. The van der Waals surface area contributed by atoms with Crippen LogP contribution in [-0.4, -0.2) is 33.3 Å². The summed E-state index contributed by atoms with van der Waals surface area (Å²) >= 11 is 0. The molecule has 1 atom stereocenters. The highest BCUT2D eigenvalue weighted by Gasteiger charge is 2.35. The third kappa shape index (κ3) is 4.40. The molecule has 1 aromatic heterocycles. The molecule has 1 N–H and O–H groups in total. The summed E-state index contributed by atoms with van der Waals surface area (Å²) < 4.78 is 47.9. The van der Waals surface area contributed by atoms with Crippen molar-refractivity contribution in [2.75, 3.05) is 6.54 Å². The second-order valence-corrected chi connectivity index (χ2v) is 7.45. The van der Waals surface area contributed by atoms with Crippen LogP contribution in [-0.2, 0) is 23.9 Å². The molecule has 4 rings (SSSR count). The number of hydrogen-bond acceptors (Lipinski definition) is 4. The first-order valence-corrected chi connectivity index (χ1v) is 9.82. The van der Waals surface area contributed by atoms with Crippen LogP contribution in [0.2, 0.25) is 0 Å². The number of hydrogen-bond donors (Lipinski definition) is 1. The van der Waals surface area contributed by atoms with E-state index in [2.05, 4.69) is 15.4 Å². The average Bonchev–Trinajstić information content (AvgIpc) is 3.27. The van der Waals surface area contributed by atoms with Crippen molar-refractivity contribution in [3.05, 3.63) is 65.2 Å². The predicted molar refractivity (Wildman–Crippen MR) is 108 cm³/mol. The Labute approximate surface area is 177 Å². The van der Waals surface area contributed by atoms with Crippen molar-refractivity contribution in [1.29, 1.82) is 0 Å². The number of benzene rings is 2. The molecule has 1 aliphatic heterocycles. The molecular formula is C22H21F3N4O2. The summed E-state index contributed by atoms with van der Waals surface area (Å²) in [6.07, 6.45) is -4.33. The number of aromatic nitrogens is 3. The molecule has 31 heavy (non-hydrogen) atoms. The highest BCUT2D eigenvalue weighted by atomic mass is 19.4. The Kier molecular flexibility index (Phi) is 5.43. The van der Waals surface area contributed by atoms with Crippen LogP contribution in [0.5, 0.6) is 5.75 Å². The third-order valence-corrected chi connectivity index (χ3v) is 5.13. The molecular weight excluding hydrogens is 409 g/mol. The van der Waals surface area contributed by atoms with Gasteiger partial charge in [0, 0.05) is 12.0 Å². The number of ether oxygens (including phenoxy) is 1. The number of nitrogens with zero attached hydrogens (tertiary/aromatic N) is 3. The van der Waals surface area contributed by atoms with E-state index in [1.54, 1.807) is 32.0 Å². The van der Waals surface area contributed by atoms with Crippen LogP contribution < -0.4 is 10.1 Å². The Morgan fingerprint density at radius 3 is 2.61 bits per heavy atom. The number of amides is 1. The summed E-state index contributed by atoms with van der Waals surface area (Å²) in [4.78, 5) is 16.4. The molecule has 162 valence electrons. The van der Waals surface area contributed by atoms with Gasteiger partial charge in [-0.3, -0.25) is 4.79 Å². The van der Waals surface area contributed by atoms with Crippen molar-refractivity contribution in [2.24, 2.45) is 0 Å². The van der Waals surface area contributed by atoms with Gasteiger partial charge in [-0.05, 0) is 31.0 Å². The van der Waals surface area contributed by atoms with Crippen LogP contribution >= 0.6 is 0 Å². The van der Waals surface area contributed by atoms with Crippen molar-refractivity contribution in [1.82, 2.24) is 20.1 Å². The van der Waals surface area contributed by atoms with Crippen LogP contribution in [0.1, 0.15) is 22.8 Å². The Balaban J connectivity index is 1.47. The second kappa shape index (κ2) is 8.05. The quantitative estimate of drug-likeness (QED) is 0.670. The number of carbonyl (C=O) groups is 1. The lowest BCUT2D eigenvalue weighted by molar-refractivity contribution is -0.137. The van der Waals surface area contributed by atoms with Crippen LogP contribution in [0.25, 0.3) is 11.1 Å². The fourth-order valence-corrected chi connectivity index (χ4v) is 3.76. The number of para-hydroxylation sites is 1. The van der Waals surface area contributed by atoms with E-state index in [-0.39, 0.29) is 30.7 Å². The fourth-order valence-electron chi connectivity index (χ4n) is 3.76. The van der Waals surface area contributed by atoms with Crippen molar-refractivity contribution in [3.63, 3.8) is 0 Å². The van der Waals surface area contributed by atoms with E-state index in [4.69, 9.17) is 4.74 Å².